The van der Waals surface area contributed by atoms with Gasteiger partial charge in [0.15, 0.2) is 9.84 Å². The molecule has 1 spiro atoms. The summed E-state index contributed by atoms with van der Waals surface area (Å²) in [7, 11) is -3.29. The minimum absolute atomic E-state index is 0.0148. The van der Waals surface area contributed by atoms with E-state index in [1.165, 1.54) is 0 Å². The van der Waals surface area contributed by atoms with Crippen molar-refractivity contribution in [3.8, 4) is 17.0 Å². The van der Waals surface area contributed by atoms with Crippen molar-refractivity contribution < 1.29 is 22.7 Å². The second-order valence-electron chi connectivity index (χ2n) is 11.6. The van der Waals surface area contributed by atoms with Crippen LogP contribution in [0.4, 0.5) is 4.79 Å². The standard InChI is InChI=1S/C31H36N2O5S/c1-30(2,3)38-29(34)33-17-15-31(16-18-33)14-13-26-19-25(10-12-28(26)37-31)27-11-9-24(20-32-27)22-39(35,36)21-23-7-5-4-6-8-23/h4-12,19-20H,13-18,21-22H2,1-3H3. The lowest BCUT2D eigenvalue weighted by molar-refractivity contribution is -0.0272. The van der Waals surface area contributed by atoms with Crippen molar-refractivity contribution >= 4 is 15.9 Å². The van der Waals surface area contributed by atoms with Crippen LogP contribution >= 0.6 is 0 Å². The smallest absolute Gasteiger partial charge is 0.410 e. The van der Waals surface area contributed by atoms with Gasteiger partial charge in [-0.25, -0.2) is 13.2 Å². The number of sulfone groups is 1. The third-order valence-corrected chi connectivity index (χ3v) is 8.85. The monoisotopic (exact) mass is 548 g/mol. The fourth-order valence-corrected chi connectivity index (χ4v) is 6.75. The number of likely N-dealkylation sites (tertiary alicyclic amines) is 1. The second kappa shape index (κ2) is 10.6. The van der Waals surface area contributed by atoms with Gasteiger partial charge in [0.1, 0.15) is 17.0 Å². The molecule has 0 atom stereocenters. The van der Waals surface area contributed by atoms with Crippen molar-refractivity contribution in [3.05, 3.63) is 83.6 Å². The molecule has 2 aliphatic rings. The zero-order valence-electron chi connectivity index (χ0n) is 22.9. The number of benzene rings is 2. The predicted octanol–water partition coefficient (Wildman–Crippen LogP) is 5.96. The molecule has 0 aliphatic carbocycles. The van der Waals surface area contributed by atoms with Crippen LogP contribution in [0.15, 0.2) is 66.9 Å². The first-order chi connectivity index (χ1) is 18.5. The summed E-state index contributed by atoms with van der Waals surface area (Å²) >= 11 is 0. The number of carbonyl (C=O) groups is 1. The van der Waals surface area contributed by atoms with Gasteiger partial charge < -0.3 is 14.4 Å². The number of hydrogen-bond acceptors (Lipinski definition) is 6. The highest BCUT2D eigenvalue weighted by Crippen LogP contribution is 2.40. The maximum atomic E-state index is 12.7. The summed E-state index contributed by atoms with van der Waals surface area (Å²) in [5.41, 5.74) is 3.63. The third-order valence-electron chi connectivity index (χ3n) is 7.30. The highest BCUT2D eigenvalue weighted by Gasteiger charge is 2.41. The number of carbonyl (C=O) groups excluding carboxylic acids is 1. The number of piperidine rings is 1. The number of hydrogen-bond donors (Lipinski definition) is 0. The van der Waals surface area contributed by atoms with Crippen LogP contribution < -0.4 is 4.74 Å². The van der Waals surface area contributed by atoms with Gasteiger partial charge in [0.25, 0.3) is 0 Å². The van der Waals surface area contributed by atoms with E-state index in [1.54, 1.807) is 11.1 Å². The zero-order chi connectivity index (χ0) is 27.7. The van der Waals surface area contributed by atoms with Crippen molar-refractivity contribution in [2.45, 2.75) is 69.2 Å². The summed E-state index contributed by atoms with van der Waals surface area (Å²) in [5.74, 6) is 0.862. The highest BCUT2D eigenvalue weighted by molar-refractivity contribution is 7.89. The molecule has 5 rings (SSSR count). The van der Waals surface area contributed by atoms with Crippen LogP contribution in [0.5, 0.6) is 5.75 Å². The maximum absolute atomic E-state index is 12.7. The van der Waals surface area contributed by atoms with Gasteiger partial charge in [0.2, 0.25) is 0 Å². The van der Waals surface area contributed by atoms with E-state index in [2.05, 4.69) is 11.1 Å². The molecule has 0 bridgehead atoms. The van der Waals surface area contributed by atoms with E-state index in [1.807, 2.05) is 75.4 Å². The fourth-order valence-electron chi connectivity index (χ4n) is 5.27. The first-order valence-electron chi connectivity index (χ1n) is 13.5. The molecular formula is C31H36N2O5S. The zero-order valence-corrected chi connectivity index (χ0v) is 23.7. The summed E-state index contributed by atoms with van der Waals surface area (Å²) in [4.78, 5) is 18.8. The molecule has 8 heteroatoms. The Morgan fingerprint density at radius 2 is 1.69 bits per heavy atom. The minimum atomic E-state index is -3.29. The lowest BCUT2D eigenvalue weighted by Crippen LogP contribution is -2.52. The summed E-state index contributed by atoms with van der Waals surface area (Å²) in [6.45, 7) is 6.90. The minimum Gasteiger partial charge on any atom is -0.487 e. The molecule has 206 valence electrons. The summed E-state index contributed by atoms with van der Waals surface area (Å²) in [6.07, 6.45) is 4.75. The van der Waals surface area contributed by atoms with Gasteiger partial charge in [-0.3, -0.25) is 4.98 Å². The lowest BCUT2D eigenvalue weighted by Gasteiger charge is -2.44. The van der Waals surface area contributed by atoms with Gasteiger partial charge in [-0.05, 0) is 74.6 Å². The molecular weight excluding hydrogens is 512 g/mol. The molecule has 2 aliphatic heterocycles. The van der Waals surface area contributed by atoms with E-state index in [0.29, 0.717) is 18.7 Å². The maximum Gasteiger partial charge on any atom is 0.410 e. The highest BCUT2D eigenvalue weighted by atomic mass is 32.2. The number of ether oxygens (including phenoxy) is 2. The van der Waals surface area contributed by atoms with Crippen molar-refractivity contribution in [1.29, 1.82) is 0 Å². The number of aromatic nitrogens is 1. The van der Waals surface area contributed by atoms with Crippen LogP contribution in [-0.2, 0) is 32.5 Å². The van der Waals surface area contributed by atoms with E-state index in [9.17, 15) is 13.2 Å². The van der Waals surface area contributed by atoms with Crippen LogP contribution in [0.25, 0.3) is 11.3 Å². The number of fused-ring (bicyclic) bond motifs is 1. The van der Waals surface area contributed by atoms with Crippen molar-refractivity contribution in [3.63, 3.8) is 0 Å². The Morgan fingerprint density at radius 1 is 0.974 bits per heavy atom. The quantitative estimate of drug-likeness (QED) is 0.391. The van der Waals surface area contributed by atoms with Crippen LogP contribution in [0.1, 0.15) is 56.7 Å². The van der Waals surface area contributed by atoms with Gasteiger partial charge in [0, 0.05) is 37.7 Å². The van der Waals surface area contributed by atoms with Crippen LogP contribution in [0, 0.1) is 0 Å². The molecule has 1 fully saturated rings. The Labute approximate surface area is 231 Å². The Balaban J connectivity index is 1.21. The van der Waals surface area contributed by atoms with E-state index < -0.39 is 15.4 Å². The van der Waals surface area contributed by atoms with Crippen LogP contribution in [0.3, 0.4) is 0 Å². The molecule has 39 heavy (non-hydrogen) atoms. The molecule has 2 aromatic carbocycles. The normalized spacial score (nSPS) is 16.8. The average Bonchev–Trinajstić information content (AvgIpc) is 2.88. The average molecular weight is 549 g/mol. The number of aryl methyl sites for hydroxylation is 1. The van der Waals surface area contributed by atoms with Gasteiger partial charge in [0.05, 0.1) is 17.2 Å². The Bertz CT molecular complexity index is 1420. The molecule has 1 aromatic heterocycles. The van der Waals surface area contributed by atoms with Crippen molar-refractivity contribution in [1.82, 2.24) is 9.88 Å². The number of amides is 1. The van der Waals surface area contributed by atoms with Gasteiger partial charge in [-0.15, -0.1) is 0 Å². The molecule has 7 nitrogen and oxygen atoms in total. The third kappa shape index (κ3) is 6.79. The lowest BCUT2D eigenvalue weighted by atomic mass is 9.83. The van der Waals surface area contributed by atoms with Gasteiger partial charge >= 0.3 is 6.09 Å². The first-order valence-corrected chi connectivity index (χ1v) is 15.3. The van der Waals surface area contributed by atoms with Crippen molar-refractivity contribution in [2.75, 3.05) is 13.1 Å². The molecule has 3 heterocycles. The first kappa shape index (κ1) is 27.2. The molecule has 1 saturated heterocycles. The number of rotatable bonds is 5. The molecule has 0 N–H and O–H groups in total. The summed E-state index contributed by atoms with van der Waals surface area (Å²) in [6, 6.07) is 19.1. The van der Waals surface area contributed by atoms with Crippen molar-refractivity contribution in [2.24, 2.45) is 0 Å². The largest absolute Gasteiger partial charge is 0.487 e. The van der Waals surface area contributed by atoms with E-state index >= 15 is 0 Å². The van der Waals surface area contributed by atoms with Gasteiger partial charge in [-0.2, -0.15) is 0 Å². The fraction of sp³-hybridized carbons (Fsp3) is 0.419. The molecule has 1 amide bonds. The van der Waals surface area contributed by atoms with Crippen LogP contribution in [0.2, 0.25) is 0 Å². The number of pyridine rings is 1. The molecule has 3 aromatic rings. The summed E-state index contributed by atoms with van der Waals surface area (Å²) in [5, 5.41) is 0. The molecule has 0 saturated carbocycles. The molecule has 0 radical (unpaired) electrons. The SMILES string of the molecule is CC(C)(C)OC(=O)N1CCC2(CCc3cc(-c4ccc(CS(=O)(=O)Cc5ccccc5)cn4)ccc3O2)CC1. The topological polar surface area (TPSA) is 85.8 Å². The van der Waals surface area contributed by atoms with E-state index in [0.717, 1.165) is 53.8 Å². The Kier molecular flexibility index (Phi) is 7.42. The van der Waals surface area contributed by atoms with E-state index in [4.69, 9.17) is 9.47 Å². The van der Waals surface area contributed by atoms with Gasteiger partial charge in [-0.1, -0.05) is 36.4 Å². The second-order valence-corrected chi connectivity index (χ2v) is 13.7. The Hall–Kier alpha value is -3.39. The number of nitrogens with zero attached hydrogens (tertiary/aromatic N) is 2. The van der Waals surface area contributed by atoms with E-state index in [-0.39, 0.29) is 23.2 Å². The van der Waals surface area contributed by atoms with Crippen LogP contribution in [-0.4, -0.2) is 48.7 Å². The summed E-state index contributed by atoms with van der Waals surface area (Å²) < 4.78 is 37.4. The molecule has 0 unspecified atom stereocenters. The predicted molar refractivity (Wildman–Crippen MR) is 151 cm³/mol. The Morgan fingerprint density at radius 3 is 2.36 bits per heavy atom.